The number of carbonyl (C=O) groups is 3. The summed E-state index contributed by atoms with van der Waals surface area (Å²) in [6, 6.07) is 2.19. The zero-order valence-corrected chi connectivity index (χ0v) is 27.1. The average Bonchev–Trinajstić information content (AvgIpc) is 3.52. The van der Waals surface area contributed by atoms with Crippen molar-refractivity contribution in [2.24, 2.45) is 0 Å². The first-order valence-electron chi connectivity index (χ1n) is 15.4. The molecule has 4 amide bonds. The molecule has 0 radical (unpaired) electrons. The van der Waals surface area contributed by atoms with Gasteiger partial charge in [-0.15, -0.1) is 5.10 Å². The lowest BCUT2D eigenvalue weighted by Crippen LogP contribution is -2.53. The van der Waals surface area contributed by atoms with Crippen molar-refractivity contribution in [3.63, 3.8) is 0 Å². The maximum absolute atomic E-state index is 14.1. The summed E-state index contributed by atoms with van der Waals surface area (Å²) in [6.07, 6.45) is -1.95. The molecule has 1 saturated heterocycles. The van der Waals surface area contributed by atoms with Crippen molar-refractivity contribution in [3.8, 4) is 0 Å². The van der Waals surface area contributed by atoms with Crippen molar-refractivity contribution in [2.75, 3.05) is 62.7 Å². The van der Waals surface area contributed by atoms with Crippen LogP contribution < -0.4 is 26.4 Å². The molecule has 2 aliphatic rings. The lowest BCUT2D eigenvalue weighted by molar-refractivity contribution is -0.137. The number of aromatic nitrogens is 4. The van der Waals surface area contributed by atoms with E-state index < -0.39 is 29.2 Å². The first-order chi connectivity index (χ1) is 22.9. The van der Waals surface area contributed by atoms with E-state index in [1.165, 1.54) is 0 Å². The van der Waals surface area contributed by atoms with Gasteiger partial charge < -0.3 is 35.1 Å². The molecule has 4 heterocycles. The Morgan fingerprint density at radius 1 is 1.08 bits per heavy atom. The Kier molecular flexibility index (Phi) is 10.6. The smallest absolute Gasteiger partial charge is 0.377 e. The summed E-state index contributed by atoms with van der Waals surface area (Å²) in [7, 11) is 0. The molecular weight excluding hydrogens is 659 g/mol. The molecule has 14 nitrogen and oxygen atoms in total. The van der Waals surface area contributed by atoms with E-state index in [1.54, 1.807) is 16.4 Å². The summed E-state index contributed by atoms with van der Waals surface area (Å²) >= 11 is 6.09. The number of ether oxygens (including phenoxy) is 1. The van der Waals surface area contributed by atoms with Gasteiger partial charge in [0.15, 0.2) is 5.82 Å². The van der Waals surface area contributed by atoms with Gasteiger partial charge in [-0.25, -0.2) is 4.79 Å². The minimum atomic E-state index is -4.60. The quantitative estimate of drug-likeness (QED) is 0.309. The van der Waals surface area contributed by atoms with E-state index in [-0.39, 0.29) is 67.4 Å². The van der Waals surface area contributed by atoms with Gasteiger partial charge in [-0.3, -0.25) is 14.4 Å². The molecule has 18 heteroatoms. The van der Waals surface area contributed by atoms with E-state index in [0.717, 1.165) is 28.3 Å². The van der Waals surface area contributed by atoms with Crippen LogP contribution in [0.2, 0.25) is 5.02 Å². The van der Waals surface area contributed by atoms with Crippen molar-refractivity contribution >= 4 is 52.2 Å². The second-order valence-corrected chi connectivity index (χ2v) is 11.5. The van der Waals surface area contributed by atoms with Crippen LogP contribution in [0.1, 0.15) is 37.4 Å². The fraction of sp³-hybridized carbons (Fsp3) is 0.467. The Balaban J connectivity index is 1.46. The van der Waals surface area contributed by atoms with Gasteiger partial charge in [-0.2, -0.15) is 22.7 Å². The highest BCUT2D eigenvalue weighted by molar-refractivity contribution is 6.33. The molecule has 1 aromatic carbocycles. The number of benzene rings is 1. The monoisotopic (exact) mass is 693 g/mol. The highest BCUT2D eigenvalue weighted by Gasteiger charge is 2.32. The van der Waals surface area contributed by atoms with E-state index in [2.05, 4.69) is 26.0 Å². The molecule has 2 aliphatic heterocycles. The van der Waals surface area contributed by atoms with Gasteiger partial charge in [0.05, 0.1) is 41.7 Å². The Bertz CT molecular complexity index is 1800. The van der Waals surface area contributed by atoms with Crippen molar-refractivity contribution < 1.29 is 32.3 Å². The molecular formula is C30H35ClF3N9O5. The number of anilines is 2. The molecule has 1 fully saturated rings. The molecule has 0 bridgehead atoms. The summed E-state index contributed by atoms with van der Waals surface area (Å²) in [5, 5.41) is 11.9. The first kappa shape index (κ1) is 34.7. The second kappa shape index (κ2) is 14.6. The summed E-state index contributed by atoms with van der Waals surface area (Å²) in [4.78, 5) is 60.0. The van der Waals surface area contributed by atoms with Gasteiger partial charge in [0.25, 0.3) is 5.56 Å². The minimum absolute atomic E-state index is 0.0121. The topological polar surface area (TPSA) is 155 Å². The predicted molar refractivity (Wildman–Crippen MR) is 171 cm³/mol. The Morgan fingerprint density at radius 3 is 2.46 bits per heavy atom. The number of fused-ring (bicyclic) bond motifs is 1. The van der Waals surface area contributed by atoms with Crippen LogP contribution in [-0.2, 0) is 33.5 Å². The molecule has 2 aromatic heterocycles. The van der Waals surface area contributed by atoms with Crippen molar-refractivity contribution in [1.82, 2.24) is 34.7 Å². The second-order valence-electron chi connectivity index (χ2n) is 11.1. The molecule has 0 aliphatic carbocycles. The van der Waals surface area contributed by atoms with Crippen LogP contribution in [0.3, 0.4) is 0 Å². The average molecular weight is 694 g/mol. The first-order valence-corrected chi connectivity index (χ1v) is 15.8. The Morgan fingerprint density at radius 2 is 1.83 bits per heavy atom. The maximum atomic E-state index is 14.1. The molecule has 0 unspecified atom stereocenters. The number of piperazine rings is 1. The molecule has 48 heavy (non-hydrogen) atoms. The highest BCUT2D eigenvalue weighted by atomic mass is 35.5. The van der Waals surface area contributed by atoms with Crippen LogP contribution in [0.15, 0.2) is 29.1 Å². The van der Waals surface area contributed by atoms with Crippen LogP contribution in [0.5, 0.6) is 0 Å². The summed E-state index contributed by atoms with van der Waals surface area (Å²) in [5.74, 6) is -0.465. The zero-order valence-electron chi connectivity index (χ0n) is 26.3. The molecule has 0 spiro atoms. The van der Waals surface area contributed by atoms with E-state index in [9.17, 15) is 32.3 Å². The third kappa shape index (κ3) is 7.57. The van der Waals surface area contributed by atoms with E-state index in [0.29, 0.717) is 44.1 Å². The molecule has 3 N–H and O–H groups in total. The van der Waals surface area contributed by atoms with Gasteiger partial charge in [0.2, 0.25) is 17.6 Å². The van der Waals surface area contributed by atoms with Crippen LogP contribution in [0, 0.1) is 0 Å². The Hall–Kier alpha value is -4.64. The van der Waals surface area contributed by atoms with Crippen LogP contribution in [0.25, 0.3) is 11.4 Å². The number of nitrogens with one attached hydrogen (secondary N) is 3. The molecule has 0 saturated carbocycles. The number of hydrogen-bond acceptors (Lipinski definition) is 8. The largest absolute Gasteiger partial charge is 0.416 e. The SMILES string of the molecule is CCNC(=O)NCC(=O)N1CCN(c2c(CC)n(CC(=O)Nc3ccc(C(F)(F)F)cc3Cl)c3nc(C4=CCOCC4)nn3c2=O)CC1. The van der Waals surface area contributed by atoms with Gasteiger partial charge in [-0.1, -0.05) is 24.6 Å². The third-order valence-corrected chi connectivity index (χ3v) is 8.28. The molecule has 5 rings (SSSR count). The lowest BCUT2D eigenvalue weighted by Gasteiger charge is -2.36. The van der Waals surface area contributed by atoms with Gasteiger partial charge in [-0.05, 0) is 43.5 Å². The van der Waals surface area contributed by atoms with Gasteiger partial charge in [0, 0.05) is 32.7 Å². The number of carbonyl (C=O) groups excluding carboxylic acids is 3. The number of hydrogen-bond donors (Lipinski definition) is 3. The Labute approximate surface area is 277 Å². The number of rotatable bonds is 9. The van der Waals surface area contributed by atoms with E-state index >= 15 is 0 Å². The third-order valence-electron chi connectivity index (χ3n) is 7.97. The van der Waals surface area contributed by atoms with Gasteiger partial charge in [0.1, 0.15) is 12.2 Å². The van der Waals surface area contributed by atoms with Crippen LogP contribution in [-0.4, -0.2) is 94.4 Å². The standard InChI is InChI=1S/C30H35ClF3N9O5/c1-3-22-25(41-11-9-40(10-12-41)24(45)16-36-28(47)35-4-2)27(46)43-29(38-26(39-43)18-7-13-48-14-8-18)42(22)17-23(44)37-21-6-5-19(15-20(21)31)30(32,33)34/h5-7,15H,3-4,8-14,16-17H2,1-2H3,(H,37,44)(H2,35,36,47). The predicted octanol–water partition coefficient (Wildman–Crippen LogP) is 2.54. The van der Waals surface area contributed by atoms with Crippen LogP contribution in [0.4, 0.5) is 29.3 Å². The fourth-order valence-electron chi connectivity index (χ4n) is 5.59. The highest BCUT2D eigenvalue weighted by Crippen LogP contribution is 2.34. The molecule has 258 valence electrons. The number of nitrogens with zero attached hydrogens (tertiary/aromatic N) is 6. The summed E-state index contributed by atoms with van der Waals surface area (Å²) < 4.78 is 47.6. The molecule has 0 atom stereocenters. The van der Waals surface area contributed by atoms with Gasteiger partial charge >= 0.3 is 12.2 Å². The number of urea groups is 1. The van der Waals surface area contributed by atoms with Crippen molar-refractivity contribution in [1.29, 1.82) is 0 Å². The maximum Gasteiger partial charge on any atom is 0.416 e. The van der Waals surface area contributed by atoms with E-state index in [4.69, 9.17) is 16.3 Å². The van der Waals surface area contributed by atoms with E-state index in [1.807, 2.05) is 17.9 Å². The number of halogens is 4. The van der Waals surface area contributed by atoms with Crippen molar-refractivity contribution in [3.05, 3.63) is 56.7 Å². The summed E-state index contributed by atoms with van der Waals surface area (Å²) in [5.41, 5.74) is 0.137. The zero-order chi connectivity index (χ0) is 34.6. The number of amides is 4. The normalized spacial score (nSPS) is 15.3. The molecule has 3 aromatic rings. The van der Waals surface area contributed by atoms with Crippen LogP contribution >= 0.6 is 11.6 Å². The summed E-state index contributed by atoms with van der Waals surface area (Å²) in [6.45, 7) is 5.42. The fourth-order valence-corrected chi connectivity index (χ4v) is 5.82. The number of alkyl halides is 3. The lowest BCUT2D eigenvalue weighted by atomic mass is 10.1. The minimum Gasteiger partial charge on any atom is -0.377 e. The van der Waals surface area contributed by atoms with Crippen molar-refractivity contribution in [2.45, 2.75) is 39.4 Å².